The van der Waals surface area contributed by atoms with Crippen molar-refractivity contribution < 1.29 is 0 Å². The van der Waals surface area contributed by atoms with Gasteiger partial charge in [-0.3, -0.25) is 0 Å². The minimum atomic E-state index is -0.509. The number of hydrogen-bond donors (Lipinski definition) is 0. The molecule has 1 unspecified atom stereocenters. The molecule has 49 heavy (non-hydrogen) atoms. The van der Waals surface area contributed by atoms with Gasteiger partial charge in [0.1, 0.15) is 0 Å². The Morgan fingerprint density at radius 3 is 1.88 bits per heavy atom. The second-order valence-corrected chi connectivity index (χ2v) is 14.4. The lowest BCUT2D eigenvalue weighted by atomic mass is 9.53. The number of hydrogen-bond acceptors (Lipinski definition) is 0. The van der Waals surface area contributed by atoms with Crippen molar-refractivity contribution in [1.82, 2.24) is 4.57 Å². The molecule has 0 saturated carbocycles. The minimum Gasteiger partial charge on any atom is -0.309 e. The van der Waals surface area contributed by atoms with Crippen LogP contribution in [-0.2, 0) is 10.8 Å². The maximum Gasteiger partial charge on any atom is 0.0748 e. The van der Waals surface area contributed by atoms with Gasteiger partial charge in [-0.2, -0.15) is 0 Å². The largest absolute Gasteiger partial charge is 0.309 e. The van der Waals surface area contributed by atoms with E-state index in [1.54, 1.807) is 0 Å². The second-order valence-electron chi connectivity index (χ2n) is 14.4. The summed E-state index contributed by atoms with van der Waals surface area (Å²) in [4.78, 5) is 0. The predicted octanol–water partition coefficient (Wildman–Crippen LogP) is 12.1. The van der Waals surface area contributed by atoms with Gasteiger partial charge >= 0.3 is 0 Å². The van der Waals surface area contributed by atoms with Gasteiger partial charge in [0.25, 0.3) is 0 Å². The maximum absolute atomic E-state index is 2.55. The van der Waals surface area contributed by atoms with Gasteiger partial charge in [0.2, 0.25) is 0 Å². The fraction of sp³-hybridized carbons (Fsp3) is 0.0833. The molecule has 0 radical (unpaired) electrons. The quantitative estimate of drug-likeness (QED) is 0.160. The molecule has 0 fully saturated rings. The van der Waals surface area contributed by atoms with Crippen LogP contribution < -0.4 is 0 Å². The van der Waals surface area contributed by atoms with Gasteiger partial charge in [0.15, 0.2) is 0 Å². The molecule has 0 saturated heterocycles. The first kappa shape index (κ1) is 27.1. The van der Waals surface area contributed by atoms with Gasteiger partial charge in [0, 0.05) is 16.2 Å². The molecule has 2 aliphatic rings. The first-order chi connectivity index (χ1) is 24.1. The first-order valence-corrected chi connectivity index (χ1v) is 17.4. The van der Waals surface area contributed by atoms with Crippen LogP contribution in [0.15, 0.2) is 164 Å². The summed E-state index contributed by atoms with van der Waals surface area (Å²) in [6, 6.07) is 61.8. The summed E-state index contributed by atoms with van der Waals surface area (Å²) in [6.45, 7) is 4.82. The normalized spacial score (nSPS) is 17.0. The number of benzene rings is 8. The smallest absolute Gasteiger partial charge is 0.0748 e. The SMILES string of the molecule is CC1(C)c2ccccc2C2(c3ccccc3-n3c4ccccc4c4cccc2c43)c2cc(-c3cc4ccccc4c4ccccc34)ccc21. The zero-order valence-corrected chi connectivity index (χ0v) is 27.5. The third kappa shape index (κ3) is 3.26. The van der Waals surface area contributed by atoms with E-state index in [-0.39, 0.29) is 5.41 Å². The summed E-state index contributed by atoms with van der Waals surface area (Å²) in [5.41, 5.74) is 13.9. The summed E-state index contributed by atoms with van der Waals surface area (Å²) in [6.07, 6.45) is 0. The molecule has 1 aromatic heterocycles. The Bertz CT molecular complexity index is 2870. The van der Waals surface area contributed by atoms with Gasteiger partial charge in [-0.25, -0.2) is 0 Å². The van der Waals surface area contributed by atoms with Crippen molar-refractivity contribution in [2.75, 3.05) is 0 Å². The molecule has 8 aromatic carbocycles. The third-order valence-electron chi connectivity index (χ3n) is 11.8. The number of fused-ring (bicyclic) bond motifs is 14. The second kappa shape index (κ2) is 9.36. The van der Waals surface area contributed by atoms with E-state index in [9.17, 15) is 0 Å². The van der Waals surface area contributed by atoms with Crippen molar-refractivity contribution in [2.45, 2.75) is 24.7 Å². The van der Waals surface area contributed by atoms with Gasteiger partial charge in [0.05, 0.1) is 22.1 Å². The number of aromatic nitrogens is 1. The lowest BCUT2D eigenvalue weighted by Crippen LogP contribution is -2.44. The van der Waals surface area contributed by atoms with Crippen molar-refractivity contribution >= 4 is 43.4 Å². The molecule has 0 amide bonds. The molecule has 11 rings (SSSR count). The first-order valence-electron chi connectivity index (χ1n) is 17.4. The van der Waals surface area contributed by atoms with E-state index in [1.165, 1.54) is 93.5 Å². The molecular weight excluding hydrogens is 591 g/mol. The lowest BCUT2D eigenvalue weighted by Gasteiger charge is -2.50. The summed E-state index contributed by atoms with van der Waals surface area (Å²) >= 11 is 0. The molecule has 9 aromatic rings. The van der Waals surface area contributed by atoms with E-state index in [4.69, 9.17) is 0 Å². The molecule has 1 aliphatic carbocycles. The van der Waals surface area contributed by atoms with Crippen LogP contribution in [0.2, 0.25) is 0 Å². The van der Waals surface area contributed by atoms with Gasteiger partial charge in [-0.15, -0.1) is 0 Å². The van der Waals surface area contributed by atoms with E-state index < -0.39 is 5.41 Å². The minimum absolute atomic E-state index is 0.186. The highest BCUT2D eigenvalue weighted by molar-refractivity contribution is 6.14. The van der Waals surface area contributed by atoms with E-state index >= 15 is 0 Å². The summed E-state index contributed by atoms with van der Waals surface area (Å²) in [5, 5.41) is 7.76. The Hall–Kier alpha value is -5.92. The third-order valence-corrected chi connectivity index (χ3v) is 11.8. The fourth-order valence-electron chi connectivity index (χ4n) is 9.79. The van der Waals surface area contributed by atoms with Crippen LogP contribution in [0.3, 0.4) is 0 Å². The highest BCUT2D eigenvalue weighted by Crippen LogP contribution is 2.61. The van der Waals surface area contributed by atoms with Crippen LogP contribution in [0, 0.1) is 0 Å². The summed E-state index contributed by atoms with van der Waals surface area (Å²) in [5.74, 6) is 0. The Kier molecular flexibility index (Phi) is 5.17. The van der Waals surface area contributed by atoms with E-state index in [2.05, 4.69) is 182 Å². The molecule has 1 aliphatic heterocycles. The van der Waals surface area contributed by atoms with Gasteiger partial charge in [-0.1, -0.05) is 153 Å². The highest BCUT2D eigenvalue weighted by Gasteiger charge is 2.52. The molecule has 1 nitrogen and oxygen atoms in total. The summed E-state index contributed by atoms with van der Waals surface area (Å²) in [7, 11) is 0. The van der Waals surface area contributed by atoms with Crippen molar-refractivity contribution in [3.63, 3.8) is 0 Å². The monoisotopic (exact) mass is 623 g/mol. The van der Waals surface area contributed by atoms with Gasteiger partial charge in [-0.05, 0) is 90.3 Å². The Balaban J connectivity index is 1.34. The zero-order valence-electron chi connectivity index (χ0n) is 27.5. The van der Waals surface area contributed by atoms with E-state index in [0.29, 0.717) is 0 Å². The molecule has 1 spiro atoms. The van der Waals surface area contributed by atoms with Crippen molar-refractivity contribution in [3.8, 4) is 16.8 Å². The molecule has 1 heteroatoms. The summed E-state index contributed by atoms with van der Waals surface area (Å²) < 4.78 is 2.53. The van der Waals surface area contributed by atoms with Crippen LogP contribution in [0.1, 0.15) is 47.2 Å². The molecule has 2 heterocycles. The number of nitrogens with zero attached hydrogens (tertiary/aromatic N) is 1. The van der Waals surface area contributed by atoms with Crippen LogP contribution in [-0.4, -0.2) is 4.57 Å². The van der Waals surface area contributed by atoms with Crippen molar-refractivity contribution in [3.05, 3.63) is 197 Å². The average molecular weight is 624 g/mol. The van der Waals surface area contributed by atoms with Crippen LogP contribution in [0.5, 0.6) is 0 Å². The lowest BCUT2D eigenvalue weighted by molar-refractivity contribution is 0.556. The Labute approximate surface area is 285 Å². The standard InChI is InChI=1S/C48H33N/c1-47(2)38-20-8-9-21-40(38)48(41-22-10-12-25-45(41)49-44-24-11-7-18-35(44)36-19-13-23-42(48)46(36)49)43-29-31(26-27-39(43)47)37-28-30-14-3-4-15-32(30)33-16-5-6-17-34(33)37/h3-29H,1-2H3. The Morgan fingerprint density at radius 1 is 0.408 bits per heavy atom. The highest BCUT2D eigenvalue weighted by atomic mass is 15.0. The zero-order chi connectivity index (χ0) is 32.5. The fourth-order valence-corrected chi connectivity index (χ4v) is 9.79. The topological polar surface area (TPSA) is 4.93 Å². The Morgan fingerprint density at radius 2 is 1.02 bits per heavy atom. The van der Waals surface area contributed by atoms with Crippen LogP contribution >= 0.6 is 0 Å². The molecule has 0 bridgehead atoms. The van der Waals surface area contributed by atoms with Crippen LogP contribution in [0.4, 0.5) is 0 Å². The van der Waals surface area contributed by atoms with Crippen LogP contribution in [0.25, 0.3) is 60.2 Å². The molecule has 0 N–H and O–H groups in total. The predicted molar refractivity (Wildman–Crippen MR) is 205 cm³/mol. The van der Waals surface area contributed by atoms with E-state index in [0.717, 1.165) is 0 Å². The molecule has 230 valence electrons. The van der Waals surface area contributed by atoms with Gasteiger partial charge < -0.3 is 4.57 Å². The average Bonchev–Trinajstić information content (AvgIpc) is 3.50. The number of rotatable bonds is 1. The van der Waals surface area contributed by atoms with E-state index in [1.807, 2.05) is 0 Å². The van der Waals surface area contributed by atoms with Crippen molar-refractivity contribution in [2.24, 2.45) is 0 Å². The van der Waals surface area contributed by atoms with Crippen molar-refractivity contribution in [1.29, 1.82) is 0 Å². The maximum atomic E-state index is 2.55. The molecule has 1 atom stereocenters. The number of para-hydroxylation sites is 3. The molecular formula is C48H33N.